The van der Waals surface area contributed by atoms with E-state index < -0.39 is 0 Å². The van der Waals surface area contributed by atoms with E-state index in [-0.39, 0.29) is 0 Å². The van der Waals surface area contributed by atoms with Crippen molar-refractivity contribution in [2.45, 2.75) is 6.42 Å². The molecule has 0 unspecified atom stereocenters. The molecule has 0 aliphatic carbocycles. The lowest BCUT2D eigenvalue weighted by atomic mass is 10.2. The first-order valence-corrected chi connectivity index (χ1v) is 7.94. The summed E-state index contributed by atoms with van der Waals surface area (Å²) in [5.74, 6) is 6.10. The Balaban J connectivity index is 1.58. The number of aromatic nitrogens is 2. The van der Waals surface area contributed by atoms with Crippen LogP contribution in [0, 0.1) is 11.8 Å². The molecule has 1 aromatic carbocycles. The van der Waals surface area contributed by atoms with Gasteiger partial charge in [-0.3, -0.25) is 4.98 Å². The molecule has 0 saturated carbocycles. The van der Waals surface area contributed by atoms with E-state index in [1.165, 1.54) is 17.6 Å². The van der Waals surface area contributed by atoms with Gasteiger partial charge in [0.25, 0.3) is 0 Å². The molecule has 0 amide bonds. The van der Waals surface area contributed by atoms with Gasteiger partial charge in [0.15, 0.2) is 5.01 Å². The zero-order chi connectivity index (χ0) is 15.9. The fraction of sp³-hybridized carbons (Fsp3) is 0.118. The van der Waals surface area contributed by atoms with Gasteiger partial charge in [0, 0.05) is 35.6 Å². The van der Waals surface area contributed by atoms with Crippen molar-refractivity contribution >= 4 is 34.1 Å². The van der Waals surface area contributed by atoms with Crippen molar-refractivity contribution in [2.24, 2.45) is 5.16 Å². The van der Waals surface area contributed by atoms with Crippen molar-refractivity contribution in [1.29, 1.82) is 0 Å². The predicted octanol–water partition coefficient (Wildman–Crippen LogP) is 3.35. The number of nitrogens with one attached hydrogen (secondary N) is 1. The lowest BCUT2D eigenvalue weighted by molar-refractivity contribution is 0.321. The lowest BCUT2D eigenvalue weighted by Gasteiger charge is -2.07. The normalized spacial score (nSPS) is 10.6. The Bertz CT molecular complexity index is 887. The van der Waals surface area contributed by atoms with Crippen molar-refractivity contribution in [1.82, 2.24) is 9.97 Å². The van der Waals surface area contributed by atoms with Crippen molar-refractivity contribution in [3.8, 4) is 11.8 Å². The summed E-state index contributed by atoms with van der Waals surface area (Å²) >= 11 is 1.43. The van der Waals surface area contributed by atoms with E-state index in [1.54, 1.807) is 11.6 Å². The number of hydrogen-bond acceptors (Lipinski definition) is 6. The second-order valence-electron chi connectivity index (χ2n) is 4.68. The third-order valence-electron chi connectivity index (χ3n) is 3.12. The molecule has 3 aromatic rings. The molecule has 3 rings (SSSR count). The summed E-state index contributed by atoms with van der Waals surface area (Å²) in [6.45, 7) is 0.747. The fourth-order valence-corrected chi connectivity index (χ4v) is 2.74. The van der Waals surface area contributed by atoms with Crippen LogP contribution in [0.2, 0.25) is 0 Å². The third kappa shape index (κ3) is 3.84. The molecule has 0 bridgehead atoms. The molecule has 0 saturated heterocycles. The number of thiazole rings is 1. The number of para-hydroxylation sites is 1. The van der Waals surface area contributed by atoms with Crippen LogP contribution < -0.4 is 5.32 Å². The molecular formula is C17H14N4OS. The van der Waals surface area contributed by atoms with E-state index in [1.807, 2.05) is 24.3 Å². The van der Waals surface area contributed by atoms with Gasteiger partial charge >= 0.3 is 0 Å². The van der Waals surface area contributed by atoms with Crippen LogP contribution in [-0.2, 0) is 0 Å². The summed E-state index contributed by atoms with van der Waals surface area (Å²) in [6.07, 6.45) is 3.80. The first-order valence-electron chi connectivity index (χ1n) is 7.06. The topological polar surface area (TPSA) is 70.4 Å². The molecule has 2 aromatic heterocycles. The van der Waals surface area contributed by atoms with Crippen LogP contribution in [0.3, 0.4) is 0 Å². The second kappa shape index (κ2) is 7.38. The molecule has 0 atom stereocenters. The maximum absolute atomic E-state index is 8.44. The third-order valence-corrected chi connectivity index (χ3v) is 3.90. The zero-order valence-corrected chi connectivity index (χ0v) is 13.0. The number of oxime groups is 1. The Kier molecular flexibility index (Phi) is 4.82. The highest BCUT2D eigenvalue weighted by Crippen LogP contribution is 2.20. The SMILES string of the molecule is O/N=C\c1csc(C#CCCNc2ccnc3ccccc23)n1. The Morgan fingerprint density at radius 1 is 1.30 bits per heavy atom. The average molecular weight is 322 g/mol. The highest BCUT2D eigenvalue weighted by Gasteiger charge is 1.99. The number of fused-ring (bicyclic) bond motifs is 1. The van der Waals surface area contributed by atoms with E-state index in [0.29, 0.717) is 17.1 Å². The molecule has 0 spiro atoms. The van der Waals surface area contributed by atoms with E-state index >= 15 is 0 Å². The van der Waals surface area contributed by atoms with Crippen molar-refractivity contribution in [3.63, 3.8) is 0 Å². The van der Waals surface area contributed by atoms with Crippen LogP contribution in [0.5, 0.6) is 0 Å². The number of pyridine rings is 1. The maximum atomic E-state index is 8.44. The summed E-state index contributed by atoms with van der Waals surface area (Å²) in [6, 6.07) is 10.0. The van der Waals surface area contributed by atoms with Gasteiger partial charge in [-0.05, 0) is 18.1 Å². The Hall–Kier alpha value is -2.91. The minimum atomic E-state index is 0.614. The van der Waals surface area contributed by atoms with Crippen molar-refractivity contribution in [2.75, 3.05) is 11.9 Å². The summed E-state index contributed by atoms with van der Waals surface area (Å²) in [4.78, 5) is 8.54. The fourth-order valence-electron chi connectivity index (χ4n) is 2.11. The molecule has 6 heteroatoms. The molecule has 0 radical (unpaired) electrons. The monoisotopic (exact) mass is 322 g/mol. The van der Waals surface area contributed by atoms with E-state index in [0.717, 1.165) is 23.1 Å². The van der Waals surface area contributed by atoms with Gasteiger partial charge in [0.2, 0.25) is 0 Å². The summed E-state index contributed by atoms with van der Waals surface area (Å²) < 4.78 is 0. The molecule has 0 aliphatic heterocycles. The minimum absolute atomic E-state index is 0.614. The first kappa shape index (κ1) is 15.0. The van der Waals surface area contributed by atoms with Gasteiger partial charge in [-0.25, -0.2) is 4.98 Å². The number of rotatable bonds is 4. The van der Waals surface area contributed by atoms with Crippen molar-refractivity contribution in [3.05, 3.63) is 52.6 Å². The first-order chi connectivity index (χ1) is 11.4. The molecule has 0 aliphatic rings. The van der Waals surface area contributed by atoms with Crippen LogP contribution >= 0.6 is 11.3 Å². The van der Waals surface area contributed by atoms with Gasteiger partial charge in [-0.2, -0.15) is 0 Å². The minimum Gasteiger partial charge on any atom is -0.411 e. The molecule has 114 valence electrons. The van der Waals surface area contributed by atoms with Crippen LogP contribution in [0.4, 0.5) is 5.69 Å². The summed E-state index contributed by atoms with van der Waals surface area (Å²) in [5.41, 5.74) is 2.65. The Morgan fingerprint density at radius 2 is 2.22 bits per heavy atom. The van der Waals surface area contributed by atoms with Crippen molar-refractivity contribution < 1.29 is 5.21 Å². The number of nitrogens with zero attached hydrogens (tertiary/aromatic N) is 3. The number of hydrogen-bond donors (Lipinski definition) is 2. The number of benzene rings is 1. The maximum Gasteiger partial charge on any atom is 0.167 e. The molecule has 5 nitrogen and oxygen atoms in total. The van der Waals surface area contributed by atoms with Gasteiger partial charge in [-0.15, -0.1) is 11.3 Å². The van der Waals surface area contributed by atoms with Crippen LogP contribution in [0.15, 0.2) is 47.1 Å². The molecule has 2 N–H and O–H groups in total. The lowest BCUT2D eigenvalue weighted by Crippen LogP contribution is -2.01. The highest BCUT2D eigenvalue weighted by molar-refractivity contribution is 7.10. The largest absolute Gasteiger partial charge is 0.411 e. The van der Waals surface area contributed by atoms with E-state index in [9.17, 15) is 0 Å². The molecule has 0 fully saturated rings. The quantitative estimate of drug-likeness (QED) is 0.254. The van der Waals surface area contributed by atoms with Crippen LogP contribution in [-0.4, -0.2) is 27.9 Å². The van der Waals surface area contributed by atoms with E-state index in [2.05, 4.69) is 38.3 Å². The zero-order valence-electron chi connectivity index (χ0n) is 12.2. The van der Waals surface area contributed by atoms with Gasteiger partial charge < -0.3 is 10.5 Å². The molecular weight excluding hydrogens is 308 g/mol. The van der Waals surface area contributed by atoms with E-state index in [4.69, 9.17) is 5.21 Å². The second-order valence-corrected chi connectivity index (χ2v) is 5.53. The summed E-state index contributed by atoms with van der Waals surface area (Å²) in [7, 11) is 0. The van der Waals surface area contributed by atoms with Gasteiger partial charge in [-0.1, -0.05) is 29.3 Å². The Morgan fingerprint density at radius 3 is 3.13 bits per heavy atom. The molecule has 23 heavy (non-hydrogen) atoms. The van der Waals surface area contributed by atoms with Gasteiger partial charge in [0.1, 0.15) is 0 Å². The standard InChI is InChI=1S/C17H14N4OS/c22-20-11-13-12-23-17(21-13)7-3-4-9-18-16-8-10-19-15-6-2-1-5-14(15)16/h1-2,5-6,8,10-12,22H,4,9H2,(H,18,19)/b20-11-. The smallest absolute Gasteiger partial charge is 0.167 e. The number of anilines is 1. The highest BCUT2D eigenvalue weighted by atomic mass is 32.1. The summed E-state index contributed by atoms with van der Waals surface area (Å²) in [5, 5.41) is 18.4. The molecule has 2 heterocycles. The predicted molar refractivity (Wildman–Crippen MR) is 93.2 cm³/mol. The van der Waals surface area contributed by atoms with Crippen LogP contribution in [0.25, 0.3) is 10.9 Å². The Labute approximate surface area is 137 Å². The van der Waals surface area contributed by atoms with Gasteiger partial charge in [0.05, 0.1) is 17.4 Å². The van der Waals surface area contributed by atoms with Crippen LogP contribution in [0.1, 0.15) is 17.1 Å². The average Bonchev–Trinajstić information content (AvgIpc) is 3.02.